The van der Waals surface area contributed by atoms with Crippen molar-refractivity contribution in [2.45, 2.75) is 0 Å². The summed E-state index contributed by atoms with van der Waals surface area (Å²) in [6, 6.07) is 5.29. The van der Waals surface area contributed by atoms with Crippen LogP contribution in [0.3, 0.4) is 0 Å². The van der Waals surface area contributed by atoms with Gasteiger partial charge in [-0.15, -0.1) is 0 Å². The van der Waals surface area contributed by atoms with Crippen LogP contribution in [-0.4, -0.2) is 29.5 Å². The molecule has 0 saturated carbocycles. The van der Waals surface area contributed by atoms with Crippen molar-refractivity contribution < 1.29 is 14.3 Å². The number of hydrogen-bond acceptors (Lipinski definition) is 4. The van der Waals surface area contributed by atoms with E-state index in [9.17, 15) is 4.79 Å². The molecule has 0 bridgehead atoms. The Morgan fingerprint density at radius 3 is 3.00 bits per heavy atom. The number of nitrogens with zero attached hydrogens (tertiary/aromatic N) is 2. The summed E-state index contributed by atoms with van der Waals surface area (Å²) >= 11 is 0. The molecule has 20 heavy (non-hydrogen) atoms. The molecule has 0 radical (unpaired) electrons. The van der Waals surface area contributed by atoms with E-state index >= 15 is 0 Å². The van der Waals surface area contributed by atoms with Crippen LogP contribution in [-0.2, 0) is 11.8 Å². The average Bonchev–Trinajstić information content (AvgIpc) is 2.91. The third-order valence-electron chi connectivity index (χ3n) is 3.23. The number of ether oxygens (including phenoxy) is 2. The fourth-order valence-electron chi connectivity index (χ4n) is 2.27. The first-order valence-electron chi connectivity index (χ1n) is 6.24. The van der Waals surface area contributed by atoms with Crippen molar-refractivity contribution in [3.05, 3.63) is 53.4 Å². The number of esters is 1. The van der Waals surface area contributed by atoms with Crippen molar-refractivity contribution in [1.29, 1.82) is 0 Å². The fraction of sp³-hybridized carbons (Fsp3) is 0.200. The van der Waals surface area contributed by atoms with Gasteiger partial charge in [0, 0.05) is 24.4 Å². The number of carbonyl (C=O) groups is 1. The summed E-state index contributed by atoms with van der Waals surface area (Å²) in [5.41, 5.74) is 3.41. The lowest BCUT2D eigenvalue weighted by Crippen LogP contribution is -2.08. The van der Waals surface area contributed by atoms with Gasteiger partial charge in [-0.25, -0.2) is 4.79 Å². The molecule has 0 atom stereocenters. The molecule has 102 valence electrons. The summed E-state index contributed by atoms with van der Waals surface area (Å²) in [4.78, 5) is 11.6. The second-order valence-corrected chi connectivity index (χ2v) is 4.53. The van der Waals surface area contributed by atoms with E-state index in [0.717, 1.165) is 22.4 Å². The molecular formula is C15H14N2O3. The van der Waals surface area contributed by atoms with Gasteiger partial charge >= 0.3 is 5.97 Å². The van der Waals surface area contributed by atoms with Gasteiger partial charge in [0.25, 0.3) is 0 Å². The zero-order valence-electron chi connectivity index (χ0n) is 11.3. The second kappa shape index (κ2) is 4.85. The van der Waals surface area contributed by atoms with Crippen LogP contribution in [0.5, 0.6) is 5.75 Å². The van der Waals surface area contributed by atoms with E-state index in [1.165, 1.54) is 7.11 Å². The highest BCUT2D eigenvalue weighted by Gasteiger charge is 2.19. The van der Waals surface area contributed by atoms with Crippen molar-refractivity contribution in [2.24, 2.45) is 7.05 Å². The third-order valence-corrected chi connectivity index (χ3v) is 3.23. The van der Waals surface area contributed by atoms with E-state index in [1.54, 1.807) is 29.1 Å². The Morgan fingerprint density at radius 2 is 2.30 bits per heavy atom. The lowest BCUT2D eigenvalue weighted by Gasteiger charge is -2.18. The van der Waals surface area contributed by atoms with Crippen LogP contribution in [0.1, 0.15) is 21.5 Å². The molecule has 2 aromatic rings. The van der Waals surface area contributed by atoms with Gasteiger partial charge in [0.05, 0.1) is 18.9 Å². The summed E-state index contributed by atoms with van der Waals surface area (Å²) < 4.78 is 12.1. The van der Waals surface area contributed by atoms with Gasteiger partial charge in [-0.2, -0.15) is 5.10 Å². The van der Waals surface area contributed by atoms with Gasteiger partial charge in [-0.1, -0.05) is 0 Å². The Balaban J connectivity index is 2.09. The molecule has 3 rings (SSSR count). The second-order valence-electron chi connectivity index (χ2n) is 4.53. The van der Waals surface area contributed by atoms with E-state index in [1.807, 2.05) is 19.3 Å². The Hall–Kier alpha value is -2.56. The summed E-state index contributed by atoms with van der Waals surface area (Å²) in [5, 5.41) is 4.18. The lowest BCUT2D eigenvalue weighted by atomic mass is 9.96. The Bertz CT molecular complexity index is 701. The molecule has 1 aliphatic heterocycles. The minimum atomic E-state index is -0.357. The number of aryl methyl sites for hydroxylation is 1. The monoisotopic (exact) mass is 270 g/mol. The fourth-order valence-corrected chi connectivity index (χ4v) is 2.27. The molecule has 0 fully saturated rings. The highest BCUT2D eigenvalue weighted by Crippen LogP contribution is 2.34. The number of rotatable bonds is 2. The summed E-state index contributed by atoms with van der Waals surface area (Å²) in [6.07, 6.45) is 5.72. The van der Waals surface area contributed by atoms with Crippen LogP contribution < -0.4 is 4.74 Å². The number of methoxy groups -OCH3 is 1. The number of aromatic nitrogens is 2. The zero-order chi connectivity index (χ0) is 14.1. The Labute approximate surface area is 116 Å². The van der Waals surface area contributed by atoms with Crippen LogP contribution in [0.4, 0.5) is 0 Å². The number of benzene rings is 1. The van der Waals surface area contributed by atoms with Gasteiger partial charge in [-0.3, -0.25) is 4.68 Å². The first-order chi connectivity index (χ1) is 9.69. The van der Waals surface area contributed by atoms with Crippen molar-refractivity contribution in [1.82, 2.24) is 9.78 Å². The maximum absolute atomic E-state index is 11.6. The lowest BCUT2D eigenvalue weighted by molar-refractivity contribution is 0.0600. The number of fused-ring (bicyclic) bond motifs is 1. The zero-order valence-corrected chi connectivity index (χ0v) is 11.3. The van der Waals surface area contributed by atoms with E-state index < -0.39 is 0 Å². The van der Waals surface area contributed by atoms with Crippen LogP contribution in [0.25, 0.3) is 5.57 Å². The molecule has 0 N–H and O–H groups in total. The normalized spacial score (nSPS) is 13.2. The Morgan fingerprint density at radius 1 is 1.45 bits per heavy atom. The predicted octanol–water partition coefficient (Wildman–Crippen LogP) is 2.03. The maximum atomic E-state index is 11.6. The molecule has 0 aliphatic carbocycles. The average molecular weight is 270 g/mol. The largest absolute Gasteiger partial charge is 0.489 e. The number of carbonyl (C=O) groups excluding carboxylic acids is 1. The van der Waals surface area contributed by atoms with E-state index in [2.05, 4.69) is 5.10 Å². The first kappa shape index (κ1) is 12.5. The minimum absolute atomic E-state index is 0.357. The topological polar surface area (TPSA) is 53.3 Å². The molecule has 1 aliphatic rings. The summed E-state index contributed by atoms with van der Waals surface area (Å²) in [7, 11) is 3.24. The molecule has 0 amide bonds. The maximum Gasteiger partial charge on any atom is 0.337 e. The molecule has 5 nitrogen and oxygen atoms in total. The molecule has 1 aromatic heterocycles. The standard InChI is InChI=1S/C15H14N2O3/c1-17-9-11(8-16-17)12-5-6-20-14-4-3-10(7-13(12)14)15(18)19-2/h3-5,7-9H,6H2,1-2H3. The van der Waals surface area contributed by atoms with Gasteiger partial charge in [0.2, 0.25) is 0 Å². The molecular weight excluding hydrogens is 256 g/mol. The molecule has 0 unspecified atom stereocenters. The first-order valence-corrected chi connectivity index (χ1v) is 6.24. The quantitative estimate of drug-likeness (QED) is 0.783. The van der Waals surface area contributed by atoms with Gasteiger partial charge in [0.1, 0.15) is 12.4 Å². The van der Waals surface area contributed by atoms with Crippen molar-refractivity contribution in [2.75, 3.05) is 13.7 Å². The molecule has 0 saturated heterocycles. The Kier molecular flexibility index (Phi) is 3.02. The van der Waals surface area contributed by atoms with Crippen LogP contribution >= 0.6 is 0 Å². The van der Waals surface area contributed by atoms with Crippen molar-refractivity contribution in [3.63, 3.8) is 0 Å². The number of hydrogen-bond donors (Lipinski definition) is 0. The molecule has 1 aromatic carbocycles. The third kappa shape index (κ3) is 2.07. The predicted molar refractivity (Wildman–Crippen MR) is 73.6 cm³/mol. The smallest absolute Gasteiger partial charge is 0.337 e. The van der Waals surface area contributed by atoms with Gasteiger partial charge < -0.3 is 9.47 Å². The van der Waals surface area contributed by atoms with E-state index in [4.69, 9.17) is 9.47 Å². The summed E-state index contributed by atoms with van der Waals surface area (Å²) in [6.45, 7) is 0.509. The van der Waals surface area contributed by atoms with Gasteiger partial charge in [-0.05, 0) is 29.8 Å². The van der Waals surface area contributed by atoms with Crippen LogP contribution in [0.15, 0.2) is 36.7 Å². The van der Waals surface area contributed by atoms with Crippen LogP contribution in [0, 0.1) is 0 Å². The SMILES string of the molecule is COC(=O)c1ccc2c(c1)C(c1cnn(C)c1)=CCO2. The molecule has 0 spiro atoms. The van der Waals surface area contributed by atoms with Crippen molar-refractivity contribution in [3.8, 4) is 5.75 Å². The van der Waals surface area contributed by atoms with E-state index in [0.29, 0.717) is 12.2 Å². The van der Waals surface area contributed by atoms with E-state index in [-0.39, 0.29) is 5.97 Å². The molecule has 2 heterocycles. The van der Waals surface area contributed by atoms with Crippen LogP contribution in [0.2, 0.25) is 0 Å². The van der Waals surface area contributed by atoms with Gasteiger partial charge in [0.15, 0.2) is 0 Å². The highest BCUT2D eigenvalue weighted by atomic mass is 16.5. The van der Waals surface area contributed by atoms with Crippen molar-refractivity contribution >= 4 is 11.5 Å². The summed E-state index contributed by atoms with van der Waals surface area (Å²) in [5.74, 6) is 0.405. The highest BCUT2D eigenvalue weighted by molar-refractivity contribution is 5.93. The minimum Gasteiger partial charge on any atom is -0.489 e. The molecule has 5 heteroatoms.